The minimum Gasteiger partial charge on any atom is -0.348 e. The van der Waals surface area contributed by atoms with Gasteiger partial charge in [-0.3, -0.25) is 4.98 Å². The molecule has 1 aliphatic rings. The summed E-state index contributed by atoms with van der Waals surface area (Å²) in [6.45, 7) is 3.27. The fourth-order valence-electron chi connectivity index (χ4n) is 2.57. The minimum atomic E-state index is -0.885. The highest BCUT2D eigenvalue weighted by molar-refractivity contribution is 5.59. The summed E-state index contributed by atoms with van der Waals surface area (Å²) >= 11 is 0. The maximum absolute atomic E-state index is 13.3. The number of hydrogen-bond donors (Lipinski definition) is 0. The molecule has 1 aliphatic heterocycles. The fourth-order valence-corrected chi connectivity index (χ4v) is 2.57. The van der Waals surface area contributed by atoms with Gasteiger partial charge in [0.25, 0.3) is 0 Å². The lowest BCUT2D eigenvalue weighted by molar-refractivity contribution is -0.204. The first-order valence-electron chi connectivity index (χ1n) is 7.93. The van der Waals surface area contributed by atoms with E-state index in [9.17, 15) is 8.78 Å². The van der Waals surface area contributed by atoms with E-state index in [-0.39, 0.29) is 0 Å². The molecule has 1 aromatic heterocycles. The van der Waals surface area contributed by atoms with Gasteiger partial charge in [-0.05, 0) is 37.6 Å². The van der Waals surface area contributed by atoms with Crippen LogP contribution in [0.2, 0.25) is 0 Å². The largest absolute Gasteiger partial charge is 0.348 e. The Balaban J connectivity index is 1.66. The van der Waals surface area contributed by atoms with E-state index in [2.05, 4.69) is 11.1 Å². The Morgan fingerprint density at radius 3 is 2.54 bits per heavy atom. The molecule has 24 heavy (non-hydrogen) atoms. The molecule has 1 fully saturated rings. The van der Waals surface area contributed by atoms with Gasteiger partial charge in [-0.15, -0.1) is 0 Å². The standard InChI is InChI=1S/C19H19F2NO2/c1-2-3-4-13-11-23-19(24-12-13)15-6-8-18(22-10-15)14-5-7-16(20)17(21)9-14/h2-3,5-10,13,19H,4,11-12H2,1H3. The number of pyridine rings is 1. The van der Waals surface area contributed by atoms with Crippen LogP contribution < -0.4 is 0 Å². The molecule has 126 valence electrons. The molecule has 0 aliphatic carbocycles. The van der Waals surface area contributed by atoms with Gasteiger partial charge in [0.1, 0.15) is 0 Å². The van der Waals surface area contributed by atoms with Gasteiger partial charge in [-0.2, -0.15) is 0 Å². The summed E-state index contributed by atoms with van der Waals surface area (Å²) in [7, 11) is 0. The number of allylic oxidation sites excluding steroid dienone is 2. The van der Waals surface area contributed by atoms with Gasteiger partial charge in [-0.1, -0.05) is 18.2 Å². The number of rotatable bonds is 4. The summed E-state index contributed by atoms with van der Waals surface area (Å²) in [4.78, 5) is 4.30. The highest BCUT2D eigenvalue weighted by Gasteiger charge is 2.23. The Bertz CT molecular complexity index is 708. The quantitative estimate of drug-likeness (QED) is 0.764. The van der Waals surface area contributed by atoms with E-state index in [1.54, 1.807) is 12.3 Å². The summed E-state index contributed by atoms with van der Waals surface area (Å²) in [5, 5.41) is 0. The number of hydrogen-bond acceptors (Lipinski definition) is 3. The average molecular weight is 331 g/mol. The van der Waals surface area contributed by atoms with Crippen LogP contribution in [0.4, 0.5) is 8.78 Å². The van der Waals surface area contributed by atoms with E-state index in [0.717, 1.165) is 24.1 Å². The van der Waals surface area contributed by atoms with Crippen LogP contribution in [0.15, 0.2) is 48.7 Å². The topological polar surface area (TPSA) is 31.4 Å². The highest BCUT2D eigenvalue weighted by Crippen LogP contribution is 2.27. The van der Waals surface area contributed by atoms with Crippen molar-refractivity contribution in [3.05, 3.63) is 65.9 Å². The molecule has 0 saturated carbocycles. The van der Waals surface area contributed by atoms with Crippen molar-refractivity contribution in [3.63, 3.8) is 0 Å². The first kappa shape index (κ1) is 16.7. The monoisotopic (exact) mass is 331 g/mol. The van der Waals surface area contributed by atoms with Crippen LogP contribution in [-0.2, 0) is 9.47 Å². The number of nitrogens with zero attached hydrogens (tertiary/aromatic N) is 1. The van der Waals surface area contributed by atoms with Gasteiger partial charge in [0.2, 0.25) is 0 Å². The molecule has 3 nitrogen and oxygen atoms in total. The molecular formula is C19H19F2NO2. The smallest absolute Gasteiger partial charge is 0.185 e. The molecule has 0 atom stereocenters. The number of aromatic nitrogens is 1. The highest BCUT2D eigenvalue weighted by atomic mass is 19.2. The molecule has 3 rings (SSSR count). The van der Waals surface area contributed by atoms with Crippen LogP contribution in [0.3, 0.4) is 0 Å². The van der Waals surface area contributed by atoms with Crippen LogP contribution in [0.25, 0.3) is 11.3 Å². The van der Waals surface area contributed by atoms with E-state index in [4.69, 9.17) is 9.47 Å². The lowest BCUT2D eigenvalue weighted by Crippen LogP contribution is -2.26. The van der Waals surface area contributed by atoms with E-state index < -0.39 is 17.9 Å². The van der Waals surface area contributed by atoms with E-state index in [1.165, 1.54) is 6.07 Å². The Labute approximate surface area is 139 Å². The second-order valence-electron chi connectivity index (χ2n) is 5.78. The van der Waals surface area contributed by atoms with Crippen molar-refractivity contribution in [3.8, 4) is 11.3 Å². The first-order valence-corrected chi connectivity index (χ1v) is 7.93. The lowest BCUT2D eigenvalue weighted by atomic mass is 10.1. The van der Waals surface area contributed by atoms with Crippen molar-refractivity contribution in [2.75, 3.05) is 13.2 Å². The van der Waals surface area contributed by atoms with Crippen molar-refractivity contribution in [1.82, 2.24) is 4.98 Å². The summed E-state index contributed by atoms with van der Waals surface area (Å²) < 4.78 is 37.8. The Morgan fingerprint density at radius 2 is 1.92 bits per heavy atom. The van der Waals surface area contributed by atoms with Crippen molar-refractivity contribution in [2.24, 2.45) is 5.92 Å². The molecule has 0 unspecified atom stereocenters. The third-order valence-corrected chi connectivity index (χ3v) is 3.95. The van der Waals surface area contributed by atoms with Crippen LogP contribution in [-0.4, -0.2) is 18.2 Å². The number of halogens is 2. The van der Waals surface area contributed by atoms with E-state index in [1.807, 2.05) is 19.1 Å². The molecule has 2 heterocycles. The fraction of sp³-hybridized carbons (Fsp3) is 0.316. The second kappa shape index (κ2) is 7.64. The SMILES string of the molecule is CC=CCC1COC(c2ccc(-c3ccc(F)c(F)c3)nc2)OC1. The van der Waals surface area contributed by atoms with Crippen molar-refractivity contribution < 1.29 is 18.3 Å². The van der Waals surface area contributed by atoms with Crippen LogP contribution in [0, 0.1) is 17.6 Å². The van der Waals surface area contributed by atoms with Crippen LogP contribution in [0.1, 0.15) is 25.2 Å². The molecular weight excluding hydrogens is 312 g/mol. The molecule has 2 aromatic rings. The molecule has 1 aromatic carbocycles. The first-order chi connectivity index (χ1) is 11.7. The van der Waals surface area contributed by atoms with E-state index in [0.29, 0.717) is 30.4 Å². The van der Waals surface area contributed by atoms with Crippen molar-refractivity contribution in [2.45, 2.75) is 19.6 Å². The van der Waals surface area contributed by atoms with Gasteiger partial charge in [0, 0.05) is 23.2 Å². The summed E-state index contributed by atoms with van der Waals surface area (Å²) in [5.41, 5.74) is 1.91. The number of ether oxygens (including phenoxy) is 2. The van der Waals surface area contributed by atoms with Gasteiger partial charge in [0.15, 0.2) is 17.9 Å². The summed E-state index contributed by atoms with van der Waals surface area (Å²) in [5.74, 6) is -1.39. The number of benzene rings is 1. The maximum atomic E-state index is 13.3. The van der Waals surface area contributed by atoms with Crippen molar-refractivity contribution >= 4 is 0 Å². The minimum absolute atomic E-state index is 0.367. The summed E-state index contributed by atoms with van der Waals surface area (Å²) in [6.07, 6.45) is 6.28. The molecule has 5 heteroatoms. The maximum Gasteiger partial charge on any atom is 0.185 e. The zero-order valence-corrected chi connectivity index (χ0v) is 13.4. The second-order valence-corrected chi connectivity index (χ2v) is 5.78. The molecule has 1 saturated heterocycles. The predicted molar refractivity (Wildman–Crippen MR) is 87.2 cm³/mol. The van der Waals surface area contributed by atoms with Crippen LogP contribution >= 0.6 is 0 Å². The lowest BCUT2D eigenvalue weighted by Gasteiger charge is -2.29. The predicted octanol–water partition coefficient (Wildman–Crippen LogP) is 4.65. The Kier molecular flexibility index (Phi) is 5.33. The Morgan fingerprint density at radius 1 is 1.12 bits per heavy atom. The molecule has 0 radical (unpaired) electrons. The van der Waals surface area contributed by atoms with Gasteiger partial charge >= 0.3 is 0 Å². The van der Waals surface area contributed by atoms with Gasteiger partial charge in [-0.25, -0.2) is 8.78 Å². The third kappa shape index (κ3) is 3.86. The van der Waals surface area contributed by atoms with Crippen LogP contribution in [0.5, 0.6) is 0 Å². The van der Waals surface area contributed by atoms with Crippen molar-refractivity contribution in [1.29, 1.82) is 0 Å². The molecule has 0 amide bonds. The molecule has 0 spiro atoms. The normalized spacial score (nSPS) is 21.3. The Hall–Kier alpha value is -2.11. The van der Waals surface area contributed by atoms with Gasteiger partial charge < -0.3 is 9.47 Å². The average Bonchev–Trinajstić information content (AvgIpc) is 2.63. The molecule has 0 bridgehead atoms. The molecule has 0 N–H and O–H groups in total. The third-order valence-electron chi connectivity index (χ3n) is 3.95. The zero-order valence-electron chi connectivity index (χ0n) is 13.4. The zero-order chi connectivity index (χ0) is 16.9. The summed E-state index contributed by atoms with van der Waals surface area (Å²) in [6, 6.07) is 7.32. The van der Waals surface area contributed by atoms with E-state index >= 15 is 0 Å². The van der Waals surface area contributed by atoms with Gasteiger partial charge in [0.05, 0.1) is 18.9 Å².